The second kappa shape index (κ2) is 17.6. The molecule has 12 heteroatoms. The van der Waals surface area contributed by atoms with E-state index in [1.165, 1.54) is 11.8 Å². The summed E-state index contributed by atoms with van der Waals surface area (Å²) in [6.07, 6.45) is 5.10. The van der Waals surface area contributed by atoms with Crippen LogP contribution in [0.3, 0.4) is 0 Å². The number of aromatic nitrogens is 3. The first-order chi connectivity index (χ1) is 22.1. The summed E-state index contributed by atoms with van der Waals surface area (Å²) in [6, 6.07) is 24.6. The molecule has 0 aliphatic carbocycles. The molecule has 0 fully saturated rings. The van der Waals surface area contributed by atoms with Crippen molar-refractivity contribution >= 4 is 64.4 Å². The van der Waals surface area contributed by atoms with E-state index in [9.17, 15) is 9.59 Å². The van der Waals surface area contributed by atoms with Crippen molar-refractivity contribution < 1.29 is 43.9 Å². The third kappa shape index (κ3) is 10.3. The molecule has 2 heterocycles. The Morgan fingerprint density at radius 2 is 1.62 bits per heavy atom. The molecule has 5 aromatic rings. The number of anilines is 3. The third-order valence-corrected chi connectivity index (χ3v) is 7.44. The van der Waals surface area contributed by atoms with Gasteiger partial charge in [0.15, 0.2) is 0 Å². The van der Waals surface area contributed by atoms with Crippen LogP contribution in [0.5, 0.6) is 5.75 Å². The number of benzene rings is 3. The number of hydrogen-bond donors (Lipinski definition) is 3. The zero-order valence-corrected chi connectivity index (χ0v) is 31.5. The maximum absolute atomic E-state index is 13.3. The molecular formula is C35H39N6NaO3S2. The molecule has 0 saturated heterocycles. The number of carbonyl (C=O) groups excluding carboxylic acids is 2. The molecule has 3 amide bonds. The Kier molecular flexibility index (Phi) is 14.2. The van der Waals surface area contributed by atoms with Crippen molar-refractivity contribution in [3.05, 3.63) is 102 Å². The Bertz CT molecular complexity index is 1810. The third-order valence-electron chi connectivity index (χ3n) is 6.89. The van der Waals surface area contributed by atoms with E-state index in [2.05, 4.69) is 54.3 Å². The van der Waals surface area contributed by atoms with Crippen LogP contribution in [-0.2, 0) is 29.4 Å². The summed E-state index contributed by atoms with van der Waals surface area (Å²) in [5, 5.41) is 15.3. The molecule has 0 bridgehead atoms. The zero-order chi connectivity index (χ0) is 33.3. The first-order valence-corrected chi connectivity index (χ1v) is 16.9. The van der Waals surface area contributed by atoms with E-state index in [4.69, 9.17) is 9.84 Å². The Balaban J connectivity index is 0.00000196. The van der Waals surface area contributed by atoms with E-state index >= 15 is 0 Å². The summed E-state index contributed by atoms with van der Waals surface area (Å²) in [4.78, 5) is 29.5. The molecule has 5 rings (SSSR count). The Labute approximate surface area is 308 Å². The van der Waals surface area contributed by atoms with Gasteiger partial charge >= 0.3 is 35.6 Å². The normalized spacial score (nSPS) is 10.7. The van der Waals surface area contributed by atoms with Crippen LogP contribution in [0.25, 0.3) is 16.5 Å². The molecule has 0 unspecified atom stereocenters. The van der Waals surface area contributed by atoms with E-state index in [1.54, 1.807) is 23.2 Å². The summed E-state index contributed by atoms with van der Waals surface area (Å²) in [5.74, 6) is 1.99. The predicted octanol–water partition coefficient (Wildman–Crippen LogP) is 4.72. The molecule has 3 aromatic carbocycles. The molecule has 240 valence electrons. The number of urea groups is 1. The second-order valence-corrected chi connectivity index (χ2v) is 12.3. The average molecular weight is 679 g/mol. The predicted molar refractivity (Wildman–Crippen MR) is 192 cm³/mol. The summed E-state index contributed by atoms with van der Waals surface area (Å²) < 4.78 is 7.95. The molecule has 0 aliphatic rings. The number of carbonyl (C=O) groups is 2. The molecule has 0 aliphatic heterocycles. The fraction of sp³-hybridized carbons (Fsp3) is 0.257. The zero-order valence-electron chi connectivity index (χ0n) is 27.9. The maximum Gasteiger partial charge on any atom is 1.00 e. The van der Waals surface area contributed by atoms with Gasteiger partial charge in [0.1, 0.15) is 24.0 Å². The number of nitrogens with one attached hydrogen (secondary N) is 3. The summed E-state index contributed by atoms with van der Waals surface area (Å²) in [7, 11) is 0. The quantitative estimate of drug-likeness (QED) is 0.153. The van der Waals surface area contributed by atoms with Gasteiger partial charge < -0.3 is 28.0 Å². The van der Waals surface area contributed by atoms with Crippen molar-refractivity contribution in [2.24, 2.45) is 0 Å². The fourth-order valence-electron chi connectivity index (χ4n) is 4.60. The van der Waals surface area contributed by atoms with Gasteiger partial charge in [-0.1, -0.05) is 62.7 Å². The summed E-state index contributed by atoms with van der Waals surface area (Å²) >= 11 is 5.53. The van der Waals surface area contributed by atoms with Crippen LogP contribution in [0.15, 0.2) is 85.1 Å². The topological polar surface area (TPSA) is 110 Å². The number of nitrogens with zero attached hydrogens (tertiary/aromatic N) is 3. The van der Waals surface area contributed by atoms with Gasteiger partial charge in [0, 0.05) is 28.5 Å². The van der Waals surface area contributed by atoms with Gasteiger partial charge in [0.2, 0.25) is 5.91 Å². The second-order valence-electron chi connectivity index (χ2n) is 11.5. The van der Waals surface area contributed by atoms with Gasteiger partial charge in [-0.25, -0.2) is 14.5 Å². The van der Waals surface area contributed by atoms with Crippen LogP contribution in [0.1, 0.15) is 37.6 Å². The maximum atomic E-state index is 13.3. The largest absolute Gasteiger partial charge is 1.00 e. The SMILES string of the molecule is CSCC(=O)Nc1cc(COc2ccc(NC(=O)Nc3cc(C(C)(C)C)nn3-c3ccc(C)cc3)c3ccccc23)ccn1.C[S-].[Na+]. The number of ether oxygens (including phenoxy) is 1. The van der Waals surface area contributed by atoms with Crippen LogP contribution in [-0.4, -0.2) is 45.0 Å². The van der Waals surface area contributed by atoms with Gasteiger partial charge in [-0.3, -0.25) is 10.1 Å². The molecule has 9 nitrogen and oxygen atoms in total. The van der Waals surface area contributed by atoms with Crippen LogP contribution < -0.4 is 50.2 Å². The van der Waals surface area contributed by atoms with E-state index in [0.717, 1.165) is 33.3 Å². The van der Waals surface area contributed by atoms with Crippen molar-refractivity contribution in [3.8, 4) is 11.4 Å². The summed E-state index contributed by atoms with van der Waals surface area (Å²) in [6.45, 7) is 8.58. The minimum absolute atomic E-state index is 0. The smallest absolute Gasteiger partial charge is 0.796 e. The minimum atomic E-state index is -0.384. The number of amides is 3. The molecule has 0 atom stereocenters. The van der Waals surface area contributed by atoms with Crippen molar-refractivity contribution in [2.75, 3.05) is 34.2 Å². The van der Waals surface area contributed by atoms with Crippen LogP contribution in [0.2, 0.25) is 0 Å². The molecule has 0 radical (unpaired) electrons. The first kappa shape index (κ1) is 38.0. The van der Waals surface area contributed by atoms with Crippen molar-refractivity contribution in [1.29, 1.82) is 0 Å². The number of pyridine rings is 1. The van der Waals surface area contributed by atoms with Crippen LogP contribution >= 0.6 is 11.8 Å². The molecule has 0 spiro atoms. The number of fused-ring (bicyclic) bond motifs is 1. The number of aryl methyl sites for hydroxylation is 1. The Morgan fingerprint density at radius 3 is 2.30 bits per heavy atom. The molecular weight excluding hydrogens is 640 g/mol. The Hall–Kier alpha value is -3.48. The molecule has 2 aromatic heterocycles. The number of hydrogen-bond acceptors (Lipinski definition) is 7. The first-order valence-electron chi connectivity index (χ1n) is 14.7. The number of thioether (sulfide) groups is 1. The van der Waals surface area contributed by atoms with E-state index in [-0.39, 0.29) is 53.5 Å². The van der Waals surface area contributed by atoms with Crippen LogP contribution in [0.4, 0.5) is 22.1 Å². The van der Waals surface area contributed by atoms with Gasteiger partial charge in [0.25, 0.3) is 0 Å². The standard InChI is InChI=1S/C34H36N6O3S.CH4S.Na/c1-22-10-12-24(13-11-22)40-31(19-29(39-40)34(2,3)4)38-33(42)36-27-14-15-28(26-9-7-6-8-25(26)27)43-20-23-16-17-35-30(18-23)37-32(41)21-44-5;1-2;/h6-19H,20-21H2,1-5H3,(H,35,37,41)(H2,36,38,42);2H,1H3;/q;;+1/p-1. The monoisotopic (exact) mass is 678 g/mol. The van der Waals surface area contributed by atoms with Gasteiger partial charge in [-0.05, 0) is 55.1 Å². The van der Waals surface area contributed by atoms with E-state index in [1.807, 2.05) is 86.0 Å². The fourth-order valence-corrected chi connectivity index (χ4v) is 4.93. The van der Waals surface area contributed by atoms with Gasteiger partial charge in [-0.15, -0.1) is 0 Å². The molecule has 3 N–H and O–H groups in total. The van der Waals surface area contributed by atoms with Crippen LogP contribution in [0, 0.1) is 6.92 Å². The van der Waals surface area contributed by atoms with E-state index in [0.29, 0.717) is 28.8 Å². The minimum Gasteiger partial charge on any atom is -0.796 e. The summed E-state index contributed by atoms with van der Waals surface area (Å²) in [5.41, 5.74) is 4.18. The number of rotatable bonds is 9. The van der Waals surface area contributed by atoms with Crippen molar-refractivity contribution in [2.45, 2.75) is 39.7 Å². The Morgan fingerprint density at radius 1 is 0.915 bits per heavy atom. The average Bonchev–Trinajstić information content (AvgIpc) is 3.46. The van der Waals surface area contributed by atoms with Crippen molar-refractivity contribution in [1.82, 2.24) is 14.8 Å². The molecule has 47 heavy (non-hydrogen) atoms. The van der Waals surface area contributed by atoms with E-state index < -0.39 is 0 Å². The van der Waals surface area contributed by atoms with Gasteiger partial charge in [0.05, 0.1) is 22.8 Å². The van der Waals surface area contributed by atoms with Crippen molar-refractivity contribution in [3.63, 3.8) is 0 Å². The van der Waals surface area contributed by atoms with Gasteiger partial charge in [-0.2, -0.15) is 23.1 Å². The molecule has 0 saturated carbocycles.